The lowest BCUT2D eigenvalue weighted by molar-refractivity contribution is -0.0258. The molecule has 4 nitrogen and oxygen atoms in total. The van der Waals surface area contributed by atoms with Crippen LogP contribution in [0.15, 0.2) is 30.3 Å². The van der Waals surface area contributed by atoms with E-state index in [2.05, 4.69) is 0 Å². The third kappa shape index (κ3) is 2.33. The van der Waals surface area contributed by atoms with Crippen LogP contribution in [0.4, 0.5) is 4.79 Å². The van der Waals surface area contributed by atoms with Gasteiger partial charge in [-0.25, -0.2) is 4.79 Å². The zero-order valence-electron chi connectivity index (χ0n) is 9.26. The predicted octanol–water partition coefficient (Wildman–Crippen LogP) is 1.83. The predicted molar refractivity (Wildman–Crippen MR) is 59.1 cm³/mol. The van der Waals surface area contributed by atoms with Gasteiger partial charge in [0.1, 0.15) is 6.10 Å². The molecule has 0 bridgehead atoms. The molecule has 4 heteroatoms. The highest BCUT2D eigenvalue weighted by Crippen LogP contribution is 2.21. The summed E-state index contributed by atoms with van der Waals surface area (Å²) in [6.45, 7) is 1.70. The molecule has 0 N–H and O–H groups in total. The molecule has 86 valence electrons. The van der Waals surface area contributed by atoms with Crippen molar-refractivity contribution in [2.75, 3.05) is 26.8 Å². The lowest BCUT2D eigenvalue weighted by Gasteiger charge is -2.32. The number of rotatable bonds is 1. The second-order valence-electron chi connectivity index (χ2n) is 3.69. The Labute approximate surface area is 94.8 Å². The monoisotopic (exact) mass is 221 g/mol. The summed E-state index contributed by atoms with van der Waals surface area (Å²) in [4.78, 5) is 13.1. The number of hydrogen-bond donors (Lipinski definition) is 0. The van der Waals surface area contributed by atoms with Gasteiger partial charge >= 0.3 is 6.09 Å². The zero-order valence-corrected chi connectivity index (χ0v) is 9.26. The number of carbonyl (C=O) groups excluding carboxylic acids is 1. The molecule has 1 aliphatic rings. The van der Waals surface area contributed by atoms with Gasteiger partial charge in [0, 0.05) is 6.54 Å². The van der Waals surface area contributed by atoms with Gasteiger partial charge in [-0.3, -0.25) is 0 Å². The van der Waals surface area contributed by atoms with Crippen LogP contribution in [0.3, 0.4) is 0 Å². The number of nitrogens with zero attached hydrogens (tertiary/aromatic N) is 1. The maximum atomic E-state index is 11.4. The molecule has 16 heavy (non-hydrogen) atoms. The highest BCUT2D eigenvalue weighted by atomic mass is 16.5. The van der Waals surface area contributed by atoms with Gasteiger partial charge in [-0.05, 0) is 5.56 Å². The van der Waals surface area contributed by atoms with E-state index in [1.165, 1.54) is 7.11 Å². The number of hydrogen-bond acceptors (Lipinski definition) is 3. The van der Waals surface area contributed by atoms with E-state index in [0.717, 1.165) is 5.56 Å². The van der Waals surface area contributed by atoms with Crippen LogP contribution in [-0.2, 0) is 9.47 Å². The average Bonchev–Trinajstić information content (AvgIpc) is 2.39. The van der Waals surface area contributed by atoms with Crippen LogP contribution >= 0.6 is 0 Å². The Morgan fingerprint density at radius 3 is 2.88 bits per heavy atom. The van der Waals surface area contributed by atoms with Gasteiger partial charge in [0.15, 0.2) is 0 Å². The van der Waals surface area contributed by atoms with Crippen LogP contribution in [0.5, 0.6) is 0 Å². The summed E-state index contributed by atoms with van der Waals surface area (Å²) in [5.74, 6) is 0. The minimum atomic E-state index is -0.288. The molecule has 0 aromatic heterocycles. The fourth-order valence-electron chi connectivity index (χ4n) is 1.81. The van der Waals surface area contributed by atoms with Gasteiger partial charge in [-0.15, -0.1) is 0 Å². The standard InChI is InChI=1S/C12H15NO3/c1-15-12(14)13-7-8-16-11(9-13)10-5-3-2-4-6-10/h2-6,11H,7-9H2,1H3/t11-/m0/s1. The van der Waals surface area contributed by atoms with Crippen molar-refractivity contribution in [3.63, 3.8) is 0 Å². The number of amides is 1. The second kappa shape index (κ2) is 4.99. The van der Waals surface area contributed by atoms with Gasteiger partial charge in [-0.2, -0.15) is 0 Å². The molecular weight excluding hydrogens is 206 g/mol. The van der Waals surface area contributed by atoms with Crippen LogP contribution in [-0.4, -0.2) is 37.8 Å². The van der Waals surface area contributed by atoms with Gasteiger partial charge in [0.25, 0.3) is 0 Å². The first-order chi connectivity index (χ1) is 7.81. The lowest BCUT2D eigenvalue weighted by atomic mass is 10.1. The molecule has 1 amide bonds. The lowest BCUT2D eigenvalue weighted by Crippen LogP contribution is -2.42. The molecule has 0 unspecified atom stereocenters. The molecule has 1 aromatic carbocycles. The molecule has 1 heterocycles. The van der Waals surface area contributed by atoms with Crippen LogP contribution in [0.25, 0.3) is 0 Å². The van der Waals surface area contributed by atoms with Crippen LogP contribution in [0.2, 0.25) is 0 Å². The topological polar surface area (TPSA) is 38.8 Å². The largest absolute Gasteiger partial charge is 0.453 e. The molecule has 0 radical (unpaired) electrons. The Balaban J connectivity index is 2.05. The number of methoxy groups -OCH3 is 1. The molecule has 0 saturated carbocycles. The molecule has 0 spiro atoms. The van der Waals surface area contributed by atoms with Gasteiger partial charge in [0.2, 0.25) is 0 Å². The van der Waals surface area contributed by atoms with E-state index in [0.29, 0.717) is 19.7 Å². The maximum Gasteiger partial charge on any atom is 0.409 e. The Bertz CT molecular complexity index is 353. The Morgan fingerprint density at radius 2 is 2.19 bits per heavy atom. The molecular formula is C12H15NO3. The summed E-state index contributed by atoms with van der Waals surface area (Å²) in [6.07, 6.45) is -0.335. The molecule has 1 aliphatic heterocycles. The Hall–Kier alpha value is -1.55. The van der Waals surface area contributed by atoms with E-state index in [1.807, 2.05) is 30.3 Å². The van der Waals surface area contributed by atoms with E-state index < -0.39 is 0 Å². The van der Waals surface area contributed by atoms with Crippen molar-refractivity contribution >= 4 is 6.09 Å². The summed E-state index contributed by atoms with van der Waals surface area (Å²) in [5.41, 5.74) is 1.09. The van der Waals surface area contributed by atoms with Gasteiger partial charge in [0.05, 0.1) is 20.3 Å². The Kier molecular flexibility index (Phi) is 3.41. The third-order valence-corrected chi connectivity index (χ3v) is 2.67. The summed E-state index contributed by atoms with van der Waals surface area (Å²) in [6, 6.07) is 9.91. The Morgan fingerprint density at radius 1 is 1.44 bits per heavy atom. The van der Waals surface area contributed by atoms with Crippen molar-refractivity contribution in [2.24, 2.45) is 0 Å². The number of ether oxygens (including phenoxy) is 2. The van der Waals surface area contributed by atoms with Gasteiger partial charge < -0.3 is 14.4 Å². The third-order valence-electron chi connectivity index (χ3n) is 2.67. The van der Waals surface area contributed by atoms with Crippen LogP contribution < -0.4 is 0 Å². The average molecular weight is 221 g/mol. The minimum absolute atomic E-state index is 0.0472. The van der Waals surface area contributed by atoms with Crippen molar-refractivity contribution in [3.8, 4) is 0 Å². The van der Waals surface area contributed by atoms with E-state index >= 15 is 0 Å². The highest BCUT2D eigenvalue weighted by molar-refractivity contribution is 5.67. The van der Waals surface area contributed by atoms with Crippen molar-refractivity contribution in [1.29, 1.82) is 0 Å². The fourth-order valence-corrected chi connectivity index (χ4v) is 1.81. The molecule has 0 aliphatic carbocycles. The SMILES string of the molecule is COC(=O)N1CCO[C@H](c2ccccc2)C1. The smallest absolute Gasteiger partial charge is 0.409 e. The van der Waals surface area contributed by atoms with E-state index in [-0.39, 0.29) is 12.2 Å². The molecule has 1 fully saturated rings. The normalized spacial score (nSPS) is 20.6. The molecule has 1 aromatic rings. The van der Waals surface area contributed by atoms with Crippen LogP contribution in [0.1, 0.15) is 11.7 Å². The van der Waals surface area contributed by atoms with Crippen molar-refractivity contribution < 1.29 is 14.3 Å². The van der Waals surface area contributed by atoms with E-state index in [9.17, 15) is 4.79 Å². The number of morpholine rings is 1. The molecule has 1 atom stereocenters. The quantitative estimate of drug-likeness (QED) is 0.726. The maximum absolute atomic E-state index is 11.4. The van der Waals surface area contributed by atoms with Crippen molar-refractivity contribution in [1.82, 2.24) is 4.90 Å². The molecule has 2 rings (SSSR count). The van der Waals surface area contributed by atoms with Gasteiger partial charge in [-0.1, -0.05) is 30.3 Å². The highest BCUT2D eigenvalue weighted by Gasteiger charge is 2.25. The van der Waals surface area contributed by atoms with Crippen molar-refractivity contribution in [2.45, 2.75) is 6.10 Å². The first kappa shape index (κ1) is 11.0. The summed E-state index contributed by atoms with van der Waals surface area (Å²) in [7, 11) is 1.40. The first-order valence-electron chi connectivity index (χ1n) is 5.30. The van der Waals surface area contributed by atoms with Crippen LogP contribution in [0, 0.1) is 0 Å². The second-order valence-corrected chi connectivity index (χ2v) is 3.69. The first-order valence-corrected chi connectivity index (χ1v) is 5.30. The number of benzene rings is 1. The zero-order chi connectivity index (χ0) is 11.4. The van der Waals surface area contributed by atoms with E-state index in [4.69, 9.17) is 9.47 Å². The van der Waals surface area contributed by atoms with Crippen molar-refractivity contribution in [3.05, 3.63) is 35.9 Å². The fraction of sp³-hybridized carbons (Fsp3) is 0.417. The summed E-state index contributed by atoms with van der Waals surface area (Å²) < 4.78 is 10.3. The number of carbonyl (C=O) groups is 1. The summed E-state index contributed by atoms with van der Waals surface area (Å²) >= 11 is 0. The summed E-state index contributed by atoms with van der Waals surface area (Å²) in [5, 5.41) is 0. The molecule has 1 saturated heterocycles. The van der Waals surface area contributed by atoms with E-state index in [1.54, 1.807) is 4.90 Å². The minimum Gasteiger partial charge on any atom is -0.453 e.